The third-order valence-corrected chi connectivity index (χ3v) is 4.64. The molecule has 1 nitrogen and oxygen atoms in total. The van der Waals surface area contributed by atoms with Gasteiger partial charge in [-0.25, -0.2) is 0 Å². The van der Waals surface area contributed by atoms with Crippen molar-refractivity contribution in [2.45, 2.75) is 59.0 Å². The van der Waals surface area contributed by atoms with Crippen molar-refractivity contribution in [3.63, 3.8) is 0 Å². The van der Waals surface area contributed by atoms with Crippen LogP contribution in [0.4, 0.5) is 0 Å². The minimum atomic E-state index is 0.503. The maximum absolute atomic E-state index is 5.95. The van der Waals surface area contributed by atoms with Crippen LogP contribution in [-0.4, -0.2) is 12.7 Å². The molecule has 0 radical (unpaired) electrons. The molecule has 15 heavy (non-hydrogen) atoms. The van der Waals surface area contributed by atoms with Gasteiger partial charge in [-0.1, -0.05) is 26.7 Å². The van der Waals surface area contributed by atoms with Crippen LogP contribution in [0.15, 0.2) is 0 Å². The van der Waals surface area contributed by atoms with Gasteiger partial charge in [0.1, 0.15) is 0 Å². The summed E-state index contributed by atoms with van der Waals surface area (Å²) in [6.45, 7) is 8.05. The van der Waals surface area contributed by atoms with Gasteiger partial charge < -0.3 is 4.74 Å². The summed E-state index contributed by atoms with van der Waals surface area (Å²) in [5.41, 5.74) is 0. The summed E-state index contributed by atoms with van der Waals surface area (Å²) in [6, 6.07) is 0. The van der Waals surface area contributed by atoms with E-state index in [-0.39, 0.29) is 0 Å². The quantitative estimate of drug-likeness (QED) is 0.638. The molecule has 2 rings (SSSR count). The van der Waals surface area contributed by atoms with Crippen molar-refractivity contribution in [1.82, 2.24) is 0 Å². The van der Waals surface area contributed by atoms with Gasteiger partial charge in [0.15, 0.2) is 0 Å². The average molecular weight is 210 g/mol. The Morgan fingerprint density at radius 2 is 1.87 bits per heavy atom. The first kappa shape index (κ1) is 11.4. The summed E-state index contributed by atoms with van der Waals surface area (Å²) >= 11 is 0. The highest BCUT2D eigenvalue weighted by Crippen LogP contribution is 2.42. The van der Waals surface area contributed by atoms with E-state index in [4.69, 9.17) is 4.74 Å². The van der Waals surface area contributed by atoms with E-state index in [0.29, 0.717) is 6.10 Å². The molecule has 4 atom stereocenters. The van der Waals surface area contributed by atoms with Crippen LogP contribution < -0.4 is 0 Å². The highest BCUT2D eigenvalue weighted by atomic mass is 16.5. The van der Waals surface area contributed by atoms with Gasteiger partial charge in [0.2, 0.25) is 0 Å². The Morgan fingerprint density at radius 1 is 1.07 bits per heavy atom. The molecule has 2 aliphatic rings. The second-order valence-corrected chi connectivity index (χ2v) is 5.98. The van der Waals surface area contributed by atoms with E-state index >= 15 is 0 Å². The lowest BCUT2D eigenvalue weighted by atomic mass is 9.67. The first-order valence-electron chi connectivity index (χ1n) is 6.80. The first-order valence-corrected chi connectivity index (χ1v) is 6.80. The topological polar surface area (TPSA) is 9.23 Å². The third kappa shape index (κ3) is 2.55. The summed E-state index contributed by atoms with van der Waals surface area (Å²) in [5, 5.41) is 0. The Kier molecular flexibility index (Phi) is 3.71. The van der Waals surface area contributed by atoms with Gasteiger partial charge in [-0.2, -0.15) is 0 Å². The molecule has 1 saturated carbocycles. The lowest BCUT2D eigenvalue weighted by Crippen LogP contribution is -2.33. The Morgan fingerprint density at radius 3 is 2.60 bits per heavy atom. The van der Waals surface area contributed by atoms with E-state index in [1.54, 1.807) is 0 Å². The van der Waals surface area contributed by atoms with Crippen LogP contribution in [0.5, 0.6) is 0 Å². The van der Waals surface area contributed by atoms with Crippen LogP contribution in [-0.2, 0) is 4.74 Å². The number of fused-ring (bicyclic) bond motifs is 1. The molecule has 1 heterocycles. The minimum absolute atomic E-state index is 0.503. The largest absolute Gasteiger partial charge is 0.378 e. The van der Waals surface area contributed by atoms with Crippen molar-refractivity contribution in [1.29, 1.82) is 0 Å². The molecule has 0 aromatic heterocycles. The lowest BCUT2D eigenvalue weighted by Gasteiger charge is -2.39. The van der Waals surface area contributed by atoms with Crippen molar-refractivity contribution < 1.29 is 4.74 Å². The molecule has 4 unspecified atom stereocenters. The fraction of sp³-hybridized carbons (Fsp3) is 1.00. The Labute approximate surface area is 94.6 Å². The number of rotatable bonds is 1. The summed E-state index contributed by atoms with van der Waals surface area (Å²) in [5.74, 6) is 3.60. The Hall–Kier alpha value is -0.0400. The van der Waals surface area contributed by atoms with Gasteiger partial charge in [-0.3, -0.25) is 0 Å². The lowest BCUT2D eigenvalue weighted by molar-refractivity contribution is 0.00781. The van der Waals surface area contributed by atoms with Crippen LogP contribution in [0.1, 0.15) is 52.9 Å². The smallest absolute Gasteiger partial charge is 0.0547 e. The molecule has 1 saturated heterocycles. The molecule has 0 bridgehead atoms. The standard InChI is InChI=1S/C14H26O/c1-10(2)13-6-4-5-12-8-7-11(3)15-9-14(12)13/h10-14H,4-9H2,1-3H3. The van der Waals surface area contributed by atoms with E-state index in [0.717, 1.165) is 30.3 Å². The van der Waals surface area contributed by atoms with Crippen LogP contribution in [0, 0.1) is 23.7 Å². The van der Waals surface area contributed by atoms with Gasteiger partial charge in [-0.15, -0.1) is 0 Å². The fourth-order valence-corrected chi connectivity index (χ4v) is 3.65. The monoisotopic (exact) mass is 210 g/mol. The van der Waals surface area contributed by atoms with Gasteiger partial charge in [0.25, 0.3) is 0 Å². The van der Waals surface area contributed by atoms with E-state index < -0.39 is 0 Å². The molecule has 1 aliphatic carbocycles. The van der Waals surface area contributed by atoms with Gasteiger partial charge >= 0.3 is 0 Å². The SMILES string of the molecule is CC1CCC2CCCC(C(C)C)C2CO1. The molecule has 0 N–H and O–H groups in total. The van der Waals surface area contributed by atoms with Crippen LogP contribution in [0.25, 0.3) is 0 Å². The molecule has 0 amide bonds. The number of ether oxygens (including phenoxy) is 1. The highest BCUT2D eigenvalue weighted by Gasteiger charge is 2.36. The zero-order valence-corrected chi connectivity index (χ0v) is 10.5. The maximum atomic E-state index is 5.95. The van der Waals surface area contributed by atoms with Crippen molar-refractivity contribution in [2.75, 3.05) is 6.61 Å². The van der Waals surface area contributed by atoms with Crippen LogP contribution >= 0.6 is 0 Å². The van der Waals surface area contributed by atoms with E-state index in [9.17, 15) is 0 Å². The summed E-state index contributed by atoms with van der Waals surface area (Å²) in [6.07, 6.45) is 7.56. The predicted molar refractivity (Wildman–Crippen MR) is 63.8 cm³/mol. The van der Waals surface area contributed by atoms with Gasteiger partial charge in [0.05, 0.1) is 12.7 Å². The Balaban J connectivity index is 2.05. The molecule has 1 aliphatic heterocycles. The molecule has 2 fully saturated rings. The molecule has 88 valence electrons. The van der Waals surface area contributed by atoms with E-state index in [1.807, 2.05) is 0 Å². The van der Waals surface area contributed by atoms with Gasteiger partial charge in [-0.05, 0) is 49.9 Å². The first-order chi connectivity index (χ1) is 7.18. The average Bonchev–Trinajstić information content (AvgIpc) is 2.40. The van der Waals surface area contributed by atoms with E-state index in [2.05, 4.69) is 20.8 Å². The predicted octanol–water partition coefficient (Wildman–Crippen LogP) is 3.87. The second-order valence-electron chi connectivity index (χ2n) is 5.98. The molecule has 1 heteroatoms. The summed E-state index contributed by atoms with van der Waals surface area (Å²) in [4.78, 5) is 0. The third-order valence-electron chi connectivity index (χ3n) is 4.64. The van der Waals surface area contributed by atoms with Crippen molar-refractivity contribution in [3.05, 3.63) is 0 Å². The van der Waals surface area contributed by atoms with Crippen LogP contribution in [0.3, 0.4) is 0 Å². The molecule has 0 aromatic carbocycles. The molecular weight excluding hydrogens is 184 g/mol. The molecule has 0 aromatic rings. The zero-order valence-electron chi connectivity index (χ0n) is 10.5. The molecule has 0 spiro atoms. The molecular formula is C14H26O. The summed E-state index contributed by atoms with van der Waals surface area (Å²) in [7, 11) is 0. The zero-order chi connectivity index (χ0) is 10.8. The van der Waals surface area contributed by atoms with Crippen molar-refractivity contribution >= 4 is 0 Å². The normalized spacial score (nSPS) is 42.4. The highest BCUT2D eigenvalue weighted by molar-refractivity contribution is 4.85. The van der Waals surface area contributed by atoms with Gasteiger partial charge in [0, 0.05) is 0 Å². The maximum Gasteiger partial charge on any atom is 0.0547 e. The van der Waals surface area contributed by atoms with Crippen molar-refractivity contribution in [2.24, 2.45) is 23.7 Å². The summed E-state index contributed by atoms with van der Waals surface area (Å²) < 4.78 is 5.95. The number of hydrogen-bond acceptors (Lipinski definition) is 1. The Bertz CT molecular complexity index is 200. The van der Waals surface area contributed by atoms with Crippen molar-refractivity contribution in [3.8, 4) is 0 Å². The number of hydrogen-bond donors (Lipinski definition) is 0. The minimum Gasteiger partial charge on any atom is -0.378 e. The second kappa shape index (κ2) is 4.86. The fourth-order valence-electron chi connectivity index (χ4n) is 3.65. The van der Waals surface area contributed by atoms with Crippen LogP contribution in [0.2, 0.25) is 0 Å². The van der Waals surface area contributed by atoms with E-state index in [1.165, 1.54) is 32.1 Å².